The van der Waals surface area contributed by atoms with Gasteiger partial charge in [-0.05, 0) is 0 Å². The molecular weight excluding hydrogens is 230 g/mol. The van der Waals surface area contributed by atoms with E-state index >= 15 is 0 Å². The maximum Gasteiger partial charge on any atom is 0.284 e. The highest BCUT2D eigenvalue weighted by atomic mass is 19.3. The average molecular weight is 237 g/mol. The van der Waals surface area contributed by atoms with Crippen molar-refractivity contribution in [2.75, 3.05) is 0 Å². The molecule has 1 aliphatic rings. The summed E-state index contributed by atoms with van der Waals surface area (Å²) in [6.07, 6.45) is -3.80. The van der Waals surface area contributed by atoms with Gasteiger partial charge in [-0.3, -0.25) is 4.79 Å². The maximum absolute atomic E-state index is 12.5. The van der Waals surface area contributed by atoms with Crippen LogP contribution in [-0.4, -0.2) is 17.2 Å². The molecule has 0 N–H and O–H groups in total. The summed E-state index contributed by atoms with van der Waals surface area (Å²) < 4.78 is 54.5. The number of oxazole rings is 1. The van der Waals surface area contributed by atoms with Crippen molar-refractivity contribution in [3.63, 3.8) is 0 Å². The Morgan fingerprint density at radius 1 is 1.44 bits per heavy atom. The van der Waals surface area contributed by atoms with Gasteiger partial charge in [-0.1, -0.05) is 0 Å². The molecule has 3 nitrogen and oxygen atoms in total. The molecule has 0 unspecified atom stereocenters. The zero-order valence-corrected chi connectivity index (χ0v) is 7.92. The van der Waals surface area contributed by atoms with Gasteiger partial charge in [0, 0.05) is 18.8 Å². The van der Waals surface area contributed by atoms with Gasteiger partial charge in [0.05, 0.1) is 0 Å². The largest absolute Gasteiger partial charge is 0.437 e. The van der Waals surface area contributed by atoms with E-state index in [4.69, 9.17) is 4.42 Å². The van der Waals surface area contributed by atoms with Crippen LogP contribution in [0.15, 0.2) is 4.42 Å². The molecule has 0 spiro atoms. The van der Waals surface area contributed by atoms with Crippen LogP contribution in [-0.2, 0) is 0 Å². The summed E-state index contributed by atoms with van der Waals surface area (Å²) in [7, 11) is 0. The molecule has 0 atom stereocenters. The summed E-state index contributed by atoms with van der Waals surface area (Å²) in [5, 5.41) is 0. The van der Waals surface area contributed by atoms with Crippen LogP contribution in [0.2, 0.25) is 0 Å². The number of carbonyl (C=O) groups is 1. The zero-order chi connectivity index (χ0) is 11.9. The first kappa shape index (κ1) is 11.1. The Balaban J connectivity index is 2.21. The second-order valence-corrected chi connectivity index (χ2v) is 3.68. The van der Waals surface area contributed by atoms with Crippen molar-refractivity contribution in [3.05, 3.63) is 17.3 Å². The number of aldehydes is 1. The number of hydrogen-bond donors (Lipinski definition) is 0. The number of nitrogens with zero attached hydrogens (tertiary/aromatic N) is 1. The quantitative estimate of drug-likeness (QED) is 0.599. The van der Waals surface area contributed by atoms with Gasteiger partial charge in [-0.25, -0.2) is 22.5 Å². The lowest BCUT2D eigenvalue weighted by Crippen LogP contribution is -2.33. The van der Waals surface area contributed by atoms with Gasteiger partial charge in [0.2, 0.25) is 5.92 Å². The molecule has 1 heterocycles. The first-order valence-electron chi connectivity index (χ1n) is 4.55. The van der Waals surface area contributed by atoms with Crippen LogP contribution in [0.5, 0.6) is 0 Å². The van der Waals surface area contributed by atoms with E-state index in [1.165, 1.54) is 0 Å². The van der Waals surface area contributed by atoms with Crippen molar-refractivity contribution in [2.24, 2.45) is 0 Å². The highest BCUT2D eigenvalue weighted by molar-refractivity contribution is 5.72. The van der Waals surface area contributed by atoms with Crippen molar-refractivity contribution in [3.8, 4) is 0 Å². The molecule has 0 bridgehead atoms. The molecule has 7 heteroatoms. The summed E-state index contributed by atoms with van der Waals surface area (Å²) in [6.45, 7) is 0. The summed E-state index contributed by atoms with van der Waals surface area (Å²) in [5.41, 5.74) is -0.778. The Hall–Kier alpha value is -1.40. The zero-order valence-electron chi connectivity index (χ0n) is 7.92. The third-order valence-electron chi connectivity index (χ3n) is 2.45. The van der Waals surface area contributed by atoms with Gasteiger partial charge in [-0.15, -0.1) is 0 Å². The molecule has 0 saturated heterocycles. The van der Waals surface area contributed by atoms with Crippen LogP contribution in [0.25, 0.3) is 0 Å². The van der Waals surface area contributed by atoms with Crippen LogP contribution >= 0.6 is 0 Å². The van der Waals surface area contributed by atoms with Crippen LogP contribution in [0.4, 0.5) is 17.6 Å². The van der Waals surface area contributed by atoms with E-state index in [9.17, 15) is 22.4 Å². The Morgan fingerprint density at radius 3 is 2.44 bits per heavy atom. The first-order chi connectivity index (χ1) is 7.43. The van der Waals surface area contributed by atoms with Gasteiger partial charge in [0.15, 0.2) is 23.6 Å². The number of aromatic nitrogens is 1. The van der Waals surface area contributed by atoms with E-state index in [2.05, 4.69) is 4.98 Å². The SMILES string of the molecule is O=Cc1oc(C2CC(F)(F)C2)nc1C(F)F. The monoisotopic (exact) mass is 237 g/mol. The van der Waals surface area contributed by atoms with E-state index in [0.29, 0.717) is 0 Å². The molecule has 1 aliphatic carbocycles. The van der Waals surface area contributed by atoms with Gasteiger partial charge >= 0.3 is 0 Å². The van der Waals surface area contributed by atoms with Gasteiger partial charge < -0.3 is 4.42 Å². The fraction of sp³-hybridized carbons (Fsp3) is 0.556. The molecule has 16 heavy (non-hydrogen) atoms. The van der Waals surface area contributed by atoms with Crippen molar-refractivity contribution in [2.45, 2.75) is 31.1 Å². The Labute approximate surface area is 87.5 Å². The van der Waals surface area contributed by atoms with Crippen molar-refractivity contribution >= 4 is 6.29 Å². The van der Waals surface area contributed by atoms with Crippen LogP contribution in [0.3, 0.4) is 0 Å². The highest BCUT2D eigenvalue weighted by Crippen LogP contribution is 2.48. The molecule has 0 amide bonds. The van der Waals surface area contributed by atoms with Crippen molar-refractivity contribution in [1.29, 1.82) is 0 Å². The second-order valence-electron chi connectivity index (χ2n) is 3.68. The highest BCUT2D eigenvalue weighted by Gasteiger charge is 2.48. The fourth-order valence-electron chi connectivity index (χ4n) is 1.61. The number of rotatable bonds is 3. The third kappa shape index (κ3) is 1.81. The Kier molecular flexibility index (Phi) is 2.47. The number of hydrogen-bond acceptors (Lipinski definition) is 3. The molecular formula is C9H7F4NO2. The van der Waals surface area contributed by atoms with E-state index in [1.54, 1.807) is 0 Å². The number of carbonyl (C=O) groups excluding carboxylic acids is 1. The Morgan fingerprint density at radius 2 is 2.06 bits per heavy atom. The first-order valence-corrected chi connectivity index (χ1v) is 4.55. The molecule has 1 fully saturated rings. The lowest BCUT2D eigenvalue weighted by molar-refractivity contribution is -0.0918. The molecule has 88 valence electrons. The van der Waals surface area contributed by atoms with E-state index < -0.39 is 42.6 Å². The molecule has 0 aromatic carbocycles. The van der Waals surface area contributed by atoms with Crippen LogP contribution in [0, 0.1) is 0 Å². The smallest absolute Gasteiger partial charge is 0.284 e. The number of alkyl halides is 4. The average Bonchev–Trinajstić information content (AvgIpc) is 2.57. The maximum atomic E-state index is 12.5. The summed E-state index contributed by atoms with van der Waals surface area (Å²) in [6, 6.07) is 0. The molecule has 1 aromatic heterocycles. The molecule has 0 aliphatic heterocycles. The predicted octanol–water partition coefficient (Wildman–Crippen LogP) is 2.94. The summed E-state index contributed by atoms with van der Waals surface area (Å²) in [4.78, 5) is 13.8. The topological polar surface area (TPSA) is 43.1 Å². The minimum atomic E-state index is -2.95. The molecule has 2 rings (SSSR count). The van der Waals surface area contributed by atoms with E-state index in [0.717, 1.165) is 0 Å². The number of halogens is 4. The Bertz CT molecular complexity index is 408. The third-order valence-corrected chi connectivity index (χ3v) is 2.45. The molecule has 1 aromatic rings. The van der Waals surface area contributed by atoms with E-state index in [-0.39, 0.29) is 12.2 Å². The van der Waals surface area contributed by atoms with Crippen LogP contribution in [0.1, 0.15) is 47.3 Å². The minimum Gasteiger partial charge on any atom is -0.437 e. The summed E-state index contributed by atoms with van der Waals surface area (Å²) in [5.74, 6) is -4.25. The predicted molar refractivity (Wildman–Crippen MR) is 43.8 cm³/mol. The van der Waals surface area contributed by atoms with Gasteiger partial charge in [0.1, 0.15) is 0 Å². The van der Waals surface area contributed by atoms with Crippen LogP contribution < -0.4 is 0 Å². The standard InChI is InChI=1S/C9H7F4NO2/c10-7(11)6-5(3-15)16-8(14-6)4-1-9(12,13)2-4/h3-4,7H,1-2H2. The van der Waals surface area contributed by atoms with E-state index in [1.807, 2.05) is 0 Å². The lowest BCUT2D eigenvalue weighted by atomic mass is 9.81. The minimum absolute atomic E-state index is 0.106. The fourth-order valence-corrected chi connectivity index (χ4v) is 1.61. The molecule has 1 saturated carbocycles. The van der Waals surface area contributed by atoms with Crippen molar-refractivity contribution < 1.29 is 26.8 Å². The molecule has 0 radical (unpaired) electrons. The van der Waals surface area contributed by atoms with Gasteiger partial charge in [-0.2, -0.15) is 0 Å². The summed E-state index contributed by atoms with van der Waals surface area (Å²) >= 11 is 0. The second kappa shape index (κ2) is 3.57. The normalized spacial score (nSPS) is 19.8. The van der Waals surface area contributed by atoms with Crippen molar-refractivity contribution in [1.82, 2.24) is 4.98 Å². The lowest BCUT2D eigenvalue weighted by Gasteiger charge is -2.32. The van der Waals surface area contributed by atoms with Gasteiger partial charge in [0.25, 0.3) is 6.43 Å².